The molecular formula is C16H28N2O. The molecule has 1 unspecified atom stereocenters. The van der Waals surface area contributed by atoms with Crippen LogP contribution in [-0.4, -0.2) is 28.6 Å². The zero-order valence-corrected chi connectivity index (χ0v) is 12.7. The summed E-state index contributed by atoms with van der Waals surface area (Å²) in [6.45, 7) is 6.94. The van der Waals surface area contributed by atoms with Gasteiger partial charge in [0.15, 0.2) is 0 Å². The van der Waals surface area contributed by atoms with Crippen LogP contribution in [0.3, 0.4) is 0 Å². The summed E-state index contributed by atoms with van der Waals surface area (Å²) in [7, 11) is 0. The van der Waals surface area contributed by atoms with Gasteiger partial charge in [-0.05, 0) is 50.4 Å². The number of nitrogens with one attached hydrogen (secondary N) is 1. The van der Waals surface area contributed by atoms with Crippen LogP contribution in [0.15, 0.2) is 0 Å². The summed E-state index contributed by atoms with van der Waals surface area (Å²) in [6.07, 6.45) is 9.57. The molecule has 1 N–H and O–H groups in total. The Bertz CT molecular complexity index is 363. The minimum Gasteiger partial charge on any atom is -0.323 e. The van der Waals surface area contributed by atoms with Gasteiger partial charge in [0.25, 0.3) is 0 Å². The first-order valence-electron chi connectivity index (χ1n) is 8.08. The van der Waals surface area contributed by atoms with Gasteiger partial charge in [-0.15, -0.1) is 0 Å². The Morgan fingerprint density at radius 1 is 1.21 bits per heavy atom. The number of carbonyl (C=O) groups excluding carboxylic acids is 1. The predicted molar refractivity (Wildman–Crippen MR) is 76.7 cm³/mol. The van der Waals surface area contributed by atoms with Gasteiger partial charge in [-0.3, -0.25) is 10.1 Å². The summed E-state index contributed by atoms with van der Waals surface area (Å²) in [5.41, 5.74) is 0.344. The minimum atomic E-state index is -0.132. The standard InChI is InChI=1S/C16H28N2O/c1-4-5-13-17-16(10-11-16)14(19)18(13)12-6-8-15(2,3)9-7-12/h12-13,17H,4-11H2,1-3H3. The van der Waals surface area contributed by atoms with E-state index in [0.29, 0.717) is 23.5 Å². The fraction of sp³-hybridized carbons (Fsp3) is 0.938. The van der Waals surface area contributed by atoms with Gasteiger partial charge < -0.3 is 4.90 Å². The maximum Gasteiger partial charge on any atom is 0.244 e. The normalized spacial score (nSPS) is 33.1. The third-order valence-corrected chi connectivity index (χ3v) is 5.44. The third kappa shape index (κ3) is 2.31. The third-order valence-electron chi connectivity index (χ3n) is 5.44. The molecule has 1 saturated heterocycles. The molecule has 0 aromatic carbocycles. The molecule has 3 nitrogen and oxygen atoms in total. The predicted octanol–water partition coefficient (Wildman–Crippen LogP) is 3.05. The van der Waals surface area contributed by atoms with E-state index in [2.05, 4.69) is 31.0 Å². The van der Waals surface area contributed by atoms with Gasteiger partial charge in [-0.25, -0.2) is 0 Å². The van der Waals surface area contributed by atoms with Crippen LogP contribution in [0.25, 0.3) is 0 Å². The van der Waals surface area contributed by atoms with Crippen LogP contribution in [0, 0.1) is 5.41 Å². The molecule has 3 heteroatoms. The van der Waals surface area contributed by atoms with Gasteiger partial charge >= 0.3 is 0 Å². The molecule has 3 rings (SSSR count). The number of hydrogen-bond donors (Lipinski definition) is 1. The second-order valence-corrected chi connectivity index (χ2v) is 7.64. The molecule has 108 valence electrons. The quantitative estimate of drug-likeness (QED) is 0.849. The van der Waals surface area contributed by atoms with Gasteiger partial charge in [0.05, 0.1) is 11.7 Å². The molecule has 0 aromatic heterocycles. The monoisotopic (exact) mass is 264 g/mol. The number of nitrogens with zero attached hydrogens (tertiary/aromatic N) is 1. The van der Waals surface area contributed by atoms with E-state index in [9.17, 15) is 4.79 Å². The van der Waals surface area contributed by atoms with Crippen LogP contribution in [0.4, 0.5) is 0 Å². The second-order valence-electron chi connectivity index (χ2n) is 7.64. The van der Waals surface area contributed by atoms with E-state index in [0.717, 1.165) is 25.7 Å². The lowest BCUT2D eigenvalue weighted by atomic mass is 9.75. The lowest BCUT2D eigenvalue weighted by molar-refractivity contribution is -0.134. The molecule has 1 aliphatic heterocycles. The Morgan fingerprint density at radius 3 is 2.37 bits per heavy atom. The van der Waals surface area contributed by atoms with Crippen LogP contribution in [0.5, 0.6) is 0 Å². The summed E-state index contributed by atoms with van der Waals surface area (Å²) < 4.78 is 0. The van der Waals surface area contributed by atoms with E-state index < -0.39 is 0 Å². The lowest BCUT2D eigenvalue weighted by Crippen LogP contribution is -2.47. The van der Waals surface area contributed by atoms with Crippen molar-refractivity contribution in [1.29, 1.82) is 0 Å². The molecule has 1 amide bonds. The molecule has 2 saturated carbocycles. The first-order valence-corrected chi connectivity index (χ1v) is 8.08. The Kier molecular flexibility index (Phi) is 3.16. The van der Waals surface area contributed by atoms with Crippen LogP contribution < -0.4 is 5.32 Å². The second kappa shape index (κ2) is 4.47. The van der Waals surface area contributed by atoms with Crippen LogP contribution >= 0.6 is 0 Å². The van der Waals surface area contributed by atoms with Crippen molar-refractivity contribution in [2.24, 2.45) is 5.41 Å². The Balaban J connectivity index is 1.72. The van der Waals surface area contributed by atoms with Gasteiger partial charge in [0.1, 0.15) is 0 Å². The Hall–Kier alpha value is -0.570. The SMILES string of the molecule is CCCC1NC2(CC2)C(=O)N1C1CCC(C)(C)CC1. The highest BCUT2D eigenvalue weighted by Crippen LogP contribution is 2.46. The molecule has 1 atom stereocenters. The molecular weight excluding hydrogens is 236 g/mol. The van der Waals surface area contributed by atoms with E-state index in [1.165, 1.54) is 25.7 Å². The zero-order valence-electron chi connectivity index (χ0n) is 12.7. The van der Waals surface area contributed by atoms with Gasteiger partial charge in [-0.1, -0.05) is 27.2 Å². The summed E-state index contributed by atoms with van der Waals surface area (Å²) in [4.78, 5) is 14.9. The van der Waals surface area contributed by atoms with E-state index in [-0.39, 0.29) is 5.54 Å². The fourth-order valence-corrected chi connectivity index (χ4v) is 3.89. The summed E-state index contributed by atoms with van der Waals surface area (Å²) in [5.74, 6) is 0.413. The van der Waals surface area contributed by atoms with Crippen LogP contribution in [0.1, 0.15) is 72.1 Å². The number of rotatable bonds is 3. The van der Waals surface area contributed by atoms with Crippen molar-refractivity contribution in [1.82, 2.24) is 10.2 Å². The first-order chi connectivity index (χ1) is 8.97. The van der Waals surface area contributed by atoms with E-state index >= 15 is 0 Å². The van der Waals surface area contributed by atoms with Crippen molar-refractivity contribution < 1.29 is 4.79 Å². The highest BCUT2D eigenvalue weighted by atomic mass is 16.2. The molecule has 2 aliphatic carbocycles. The van der Waals surface area contributed by atoms with E-state index in [1.54, 1.807) is 0 Å². The van der Waals surface area contributed by atoms with Crippen molar-refractivity contribution in [2.45, 2.75) is 89.9 Å². The highest BCUT2D eigenvalue weighted by molar-refractivity contribution is 5.92. The van der Waals surface area contributed by atoms with Crippen molar-refractivity contribution in [3.63, 3.8) is 0 Å². The molecule has 3 aliphatic rings. The molecule has 1 spiro atoms. The van der Waals surface area contributed by atoms with Crippen molar-refractivity contribution in [2.75, 3.05) is 0 Å². The van der Waals surface area contributed by atoms with Crippen LogP contribution in [-0.2, 0) is 4.79 Å². The molecule has 1 heterocycles. The first kappa shape index (κ1) is 13.4. The number of hydrogen-bond acceptors (Lipinski definition) is 2. The van der Waals surface area contributed by atoms with Crippen molar-refractivity contribution in [3.05, 3.63) is 0 Å². The molecule has 3 fully saturated rings. The number of carbonyl (C=O) groups is 1. The summed E-state index contributed by atoms with van der Waals surface area (Å²) in [5, 5.41) is 3.64. The van der Waals surface area contributed by atoms with Crippen molar-refractivity contribution >= 4 is 5.91 Å². The number of amides is 1. The maximum absolute atomic E-state index is 12.7. The smallest absolute Gasteiger partial charge is 0.244 e. The molecule has 0 aromatic rings. The highest BCUT2D eigenvalue weighted by Gasteiger charge is 2.60. The minimum absolute atomic E-state index is 0.132. The van der Waals surface area contributed by atoms with Crippen molar-refractivity contribution in [3.8, 4) is 0 Å². The summed E-state index contributed by atoms with van der Waals surface area (Å²) >= 11 is 0. The molecule has 0 bridgehead atoms. The van der Waals surface area contributed by atoms with Gasteiger partial charge in [0, 0.05) is 6.04 Å². The van der Waals surface area contributed by atoms with Gasteiger partial charge in [-0.2, -0.15) is 0 Å². The average Bonchev–Trinajstić information content (AvgIpc) is 3.07. The van der Waals surface area contributed by atoms with E-state index in [1.807, 2.05) is 0 Å². The zero-order chi connectivity index (χ0) is 13.7. The fourth-order valence-electron chi connectivity index (χ4n) is 3.89. The maximum atomic E-state index is 12.7. The van der Waals surface area contributed by atoms with Gasteiger partial charge in [0.2, 0.25) is 5.91 Å². The largest absolute Gasteiger partial charge is 0.323 e. The molecule has 0 radical (unpaired) electrons. The average molecular weight is 264 g/mol. The van der Waals surface area contributed by atoms with E-state index in [4.69, 9.17) is 0 Å². The Morgan fingerprint density at radius 2 is 1.84 bits per heavy atom. The van der Waals surface area contributed by atoms with Crippen LogP contribution in [0.2, 0.25) is 0 Å². The topological polar surface area (TPSA) is 32.3 Å². The summed E-state index contributed by atoms with van der Waals surface area (Å²) in [6, 6.07) is 0.490. The molecule has 19 heavy (non-hydrogen) atoms. The Labute approximate surface area is 117 Å². The lowest BCUT2D eigenvalue weighted by Gasteiger charge is -2.40.